The minimum absolute atomic E-state index is 0.0142. The van der Waals surface area contributed by atoms with Crippen LogP contribution in [0.2, 0.25) is 0 Å². The molecule has 0 spiro atoms. The maximum atomic E-state index is 10.8. The van der Waals surface area contributed by atoms with Crippen molar-refractivity contribution in [2.24, 2.45) is 0 Å². The van der Waals surface area contributed by atoms with E-state index in [0.29, 0.717) is 0 Å². The number of nitrogen functional groups attached to an aromatic ring is 1. The summed E-state index contributed by atoms with van der Waals surface area (Å²) in [4.78, 5) is 12.5. The van der Waals surface area contributed by atoms with Gasteiger partial charge in [0.1, 0.15) is 5.69 Å². The zero-order valence-corrected chi connectivity index (χ0v) is 10.3. The fraction of sp³-hybridized carbons (Fsp3) is 0.500. The maximum Gasteiger partial charge on any atom is 0.294 e. The largest absolute Gasteiger partial charge is 0.393 e. The van der Waals surface area contributed by atoms with Gasteiger partial charge in [-0.05, 0) is 25.0 Å². The summed E-state index contributed by atoms with van der Waals surface area (Å²) in [6.07, 6.45) is 2.02. The van der Waals surface area contributed by atoms with Crippen LogP contribution in [0.3, 0.4) is 0 Å². The van der Waals surface area contributed by atoms with Gasteiger partial charge in [-0.2, -0.15) is 0 Å². The summed E-state index contributed by atoms with van der Waals surface area (Å²) < 4.78 is 0. The smallest absolute Gasteiger partial charge is 0.294 e. The van der Waals surface area contributed by atoms with Gasteiger partial charge in [-0.3, -0.25) is 10.1 Å². The number of anilines is 2. The van der Waals surface area contributed by atoms with Crippen LogP contribution in [0.1, 0.15) is 26.7 Å². The SMILES string of the molecule is CCCN(CCC)c1ccc(N)c([N+](=O)[O-])c1. The lowest BCUT2D eigenvalue weighted by molar-refractivity contribution is -0.383. The van der Waals surface area contributed by atoms with Crippen molar-refractivity contribution < 1.29 is 4.92 Å². The zero-order chi connectivity index (χ0) is 12.8. The van der Waals surface area contributed by atoms with E-state index in [-0.39, 0.29) is 11.4 Å². The molecule has 1 aromatic rings. The van der Waals surface area contributed by atoms with Gasteiger partial charge in [0.05, 0.1) is 4.92 Å². The molecule has 0 aliphatic heterocycles. The lowest BCUT2D eigenvalue weighted by Crippen LogP contribution is -2.24. The Labute approximate surface area is 101 Å². The molecule has 2 N–H and O–H groups in total. The average Bonchev–Trinajstić information content (AvgIpc) is 2.29. The number of nitro benzene ring substituents is 1. The zero-order valence-electron chi connectivity index (χ0n) is 10.3. The van der Waals surface area contributed by atoms with Gasteiger partial charge in [-0.1, -0.05) is 13.8 Å². The Bertz CT molecular complexity index is 387. The predicted molar refractivity (Wildman–Crippen MR) is 70.3 cm³/mol. The molecule has 5 nitrogen and oxygen atoms in total. The molecule has 0 saturated heterocycles. The van der Waals surface area contributed by atoms with E-state index in [9.17, 15) is 10.1 Å². The lowest BCUT2D eigenvalue weighted by Gasteiger charge is -2.23. The van der Waals surface area contributed by atoms with Crippen LogP contribution < -0.4 is 10.6 Å². The first-order valence-electron chi connectivity index (χ1n) is 5.89. The highest BCUT2D eigenvalue weighted by atomic mass is 16.6. The molecule has 0 saturated carbocycles. The molecular formula is C12H19N3O2. The number of nitrogens with two attached hydrogens (primary N) is 1. The van der Waals surface area contributed by atoms with Gasteiger partial charge < -0.3 is 10.6 Å². The second kappa shape index (κ2) is 6.08. The first kappa shape index (κ1) is 13.3. The van der Waals surface area contributed by atoms with Crippen LogP contribution in [0.5, 0.6) is 0 Å². The third-order valence-electron chi connectivity index (χ3n) is 2.56. The Morgan fingerprint density at radius 3 is 2.35 bits per heavy atom. The van der Waals surface area contributed by atoms with Gasteiger partial charge in [0.25, 0.3) is 5.69 Å². The third-order valence-corrected chi connectivity index (χ3v) is 2.56. The molecule has 5 heteroatoms. The molecule has 0 fully saturated rings. The Kier molecular flexibility index (Phi) is 4.75. The van der Waals surface area contributed by atoms with Gasteiger partial charge in [0.2, 0.25) is 0 Å². The Balaban J connectivity index is 3.03. The standard InChI is InChI=1S/C12H19N3O2/c1-3-7-14(8-4-2)10-5-6-11(13)12(9-10)15(16)17/h5-6,9H,3-4,7-8,13H2,1-2H3. The summed E-state index contributed by atoms with van der Waals surface area (Å²) in [5.41, 5.74) is 6.65. The van der Waals surface area contributed by atoms with E-state index in [2.05, 4.69) is 18.7 Å². The van der Waals surface area contributed by atoms with Crippen molar-refractivity contribution in [1.29, 1.82) is 0 Å². The topological polar surface area (TPSA) is 72.4 Å². The van der Waals surface area contributed by atoms with Gasteiger partial charge in [-0.25, -0.2) is 0 Å². The first-order chi connectivity index (χ1) is 8.10. The van der Waals surface area contributed by atoms with Crippen LogP contribution in [0.4, 0.5) is 17.1 Å². The number of rotatable bonds is 6. The van der Waals surface area contributed by atoms with E-state index in [1.54, 1.807) is 12.1 Å². The van der Waals surface area contributed by atoms with Crippen molar-refractivity contribution >= 4 is 17.1 Å². The van der Waals surface area contributed by atoms with Crippen molar-refractivity contribution in [3.8, 4) is 0 Å². The second-order valence-corrected chi connectivity index (χ2v) is 3.99. The molecule has 0 bridgehead atoms. The quantitative estimate of drug-likeness (QED) is 0.469. The Morgan fingerprint density at radius 2 is 1.88 bits per heavy atom. The minimum atomic E-state index is -0.436. The molecule has 94 valence electrons. The molecule has 1 rings (SSSR count). The molecule has 0 heterocycles. The molecule has 0 radical (unpaired) electrons. The predicted octanol–water partition coefficient (Wildman–Crippen LogP) is 2.80. The number of hydrogen-bond donors (Lipinski definition) is 1. The van der Waals surface area contributed by atoms with E-state index in [0.717, 1.165) is 31.6 Å². The summed E-state index contributed by atoms with van der Waals surface area (Å²) in [6.45, 7) is 5.98. The molecule has 0 aromatic heterocycles. The molecule has 0 amide bonds. The summed E-state index contributed by atoms with van der Waals surface area (Å²) in [5, 5.41) is 10.8. The highest BCUT2D eigenvalue weighted by molar-refractivity contribution is 5.66. The highest BCUT2D eigenvalue weighted by Crippen LogP contribution is 2.27. The van der Waals surface area contributed by atoms with Gasteiger partial charge >= 0.3 is 0 Å². The van der Waals surface area contributed by atoms with Crippen LogP contribution >= 0.6 is 0 Å². The normalized spacial score (nSPS) is 10.2. The van der Waals surface area contributed by atoms with Crippen molar-refractivity contribution in [1.82, 2.24) is 0 Å². The Hall–Kier alpha value is -1.78. The van der Waals surface area contributed by atoms with E-state index >= 15 is 0 Å². The molecule has 17 heavy (non-hydrogen) atoms. The van der Waals surface area contributed by atoms with Crippen molar-refractivity contribution in [2.45, 2.75) is 26.7 Å². The number of nitrogens with zero attached hydrogens (tertiary/aromatic N) is 2. The number of benzene rings is 1. The van der Waals surface area contributed by atoms with E-state index in [4.69, 9.17) is 5.73 Å². The van der Waals surface area contributed by atoms with E-state index < -0.39 is 4.92 Å². The highest BCUT2D eigenvalue weighted by Gasteiger charge is 2.14. The lowest BCUT2D eigenvalue weighted by atomic mass is 10.2. The van der Waals surface area contributed by atoms with Crippen LogP contribution in [0.15, 0.2) is 18.2 Å². The van der Waals surface area contributed by atoms with Crippen molar-refractivity contribution in [2.75, 3.05) is 23.7 Å². The third kappa shape index (κ3) is 3.34. The van der Waals surface area contributed by atoms with Crippen LogP contribution in [0, 0.1) is 10.1 Å². The van der Waals surface area contributed by atoms with Crippen LogP contribution in [-0.4, -0.2) is 18.0 Å². The van der Waals surface area contributed by atoms with E-state index in [1.807, 2.05) is 6.07 Å². The summed E-state index contributed by atoms with van der Waals surface area (Å²) >= 11 is 0. The molecule has 0 aliphatic carbocycles. The maximum absolute atomic E-state index is 10.8. The van der Waals surface area contributed by atoms with Gasteiger partial charge in [0.15, 0.2) is 0 Å². The van der Waals surface area contributed by atoms with Gasteiger partial charge in [-0.15, -0.1) is 0 Å². The van der Waals surface area contributed by atoms with Crippen LogP contribution in [-0.2, 0) is 0 Å². The summed E-state index contributed by atoms with van der Waals surface area (Å²) in [5.74, 6) is 0. The summed E-state index contributed by atoms with van der Waals surface area (Å²) in [6, 6.07) is 5.00. The number of nitro groups is 1. The Morgan fingerprint density at radius 1 is 1.29 bits per heavy atom. The van der Waals surface area contributed by atoms with Crippen molar-refractivity contribution in [3.05, 3.63) is 28.3 Å². The fourth-order valence-corrected chi connectivity index (χ4v) is 1.80. The molecule has 1 aromatic carbocycles. The number of hydrogen-bond acceptors (Lipinski definition) is 4. The fourth-order valence-electron chi connectivity index (χ4n) is 1.80. The van der Waals surface area contributed by atoms with E-state index in [1.165, 1.54) is 0 Å². The van der Waals surface area contributed by atoms with Crippen molar-refractivity contribution in [3.63, 3.8) is 0 Å². The summed E-state index contributed by atoms with van der Waals surface area (Å²) in [7, 11) is 0. The van der Waals surface area contributed by atoms with Gasteiger partial charge in [0, 0.05) is 24.8 Å². The minimum Gasteiger partial charge on any atom is -0.393 e. The average molecular weight is 237 g/mol. The molecule has 0 atom stereocenters. The molecule has 0 unspecified atom stereocenters. The second-order valence-electron chi connectivity index (χ2n) is 3.99. The first-order valence-corrected chi connectivity index (χ1v) is 5.89. The molecular weight excluding hydrogens is 218 g/mol. The molecule has 0 aliphatic rings. The monoisotopic (exact) mass is 237 g/mol. The van der Waals surface area contributed by atoms with Crippen LogP contribution in [0.25, 0.3) is 0 Å².